The highest BCUT2D eigenvalue weighted by Gasteiger charge is 2.18. The fraction of sp³-hybridized carbons (Fsp3) is 0.250. The average molecular weight is 303 g/mol. The SMILES string of the molecule is CC(=O)NC(CSCc1cccc2ccccc12)C(=O)O. The lowest BCUT2D eigenvalue weighted by molar-refractivity contribution is -0.140. The summed E-state index contributed by atoms with van der Waals surface area (Å²) in [5, 5.41) is 13.9. The number of hydrogen-bond donors (Lipinski definition) is 2. The molecule has 1 unspecified atom stereocenters. The van der Waals surface area contributed by atoms with Gasteiger partial charge in [-0.25, -0.2) is 4.79 Å². The zero-order valence-electron chi connectivity index (χ0n) is 11.7. The van der Waals surface area contributed by atoms with Crippen molar-refractivity contribution in [3.05, 3.63) is 48.0 Å². The number of hydrogen-bond acceptors (Lipinski definition) is 3. The number of benzene rings is 2. The molecule has 0 heterocycles. The van der Waals surface area contributed by atoms with Gasteiger partial charge in [0.05, 0.1) is 0 Å². The van der Waals surface area contributed by atoms with Crippen LogP contribution in [-0.2, 0) is 15.3 Å². The molecule has 0 aliphatic heterocycles. The molecule has 0 bridgehead atoms. The second-order valence-corrected chi connectivity index (χ2v) is 5.78. The van der Waals surface area contributed by atoms with E-state index in [0.717, 1.165) is 0 Å². The maximum absolute atomic E-state index is 11.1. The predicted octanol–water partition coefficient (Wildman–Crippen LogP) is 2.66. The molecule has 1 amide bonds. The smallest absolute Gasteiger partial charge is 0.327 e. The van der Waals surface area contributed by atoms with E-state index in [2.05, 4.69) is 23.5 Å². The minimum absolute atomic E-state index is 0.326. The summed E-state index contributed by atoms with van der Waals surface area (Å²) in [6.45, 7) is 1.32. The van der Waals surface area contributed by atoms with Crippen molar-refractivity contribution < 1.29 is 14.7 Å². The zero-order valence-corrected chi connectivity index (χ0v) is 12.5. The third kappa shape index (κ3) is 4.23. The molecule has 1 atom stereocenters. The van der Waals surface area contributed by atoms with Crippen molar-refractivity contribution >= 4 is 34.4 Å². The third-order valence-electron chi connectivity index (χ3n) is 3.10. The van der Waals surface area contributed by atoms with Crippen LogP contribution in [0.1, 0.15) is 12.5 Å². The second kappa shape index (κ2) is 7.13. The molecule has 2 rings (SSSR count). The number of thioether (sulfide) groups is 1. The Hall–Kier alpha value is -2.01. The lowest BCUT2D eigenvalue weighted by Crippen LogP contribution is -2.41. The van der Waals surface area contributed by atoms with Gasteiger partial charge in [-0.05, 0) is 16.3 Å². The standard InChI is InChI=1S/C16H17NO3S/c1-11(18)17-15(16(19)20)10-21-9-13-7-4-6-12-5-2-3-8-14(12)13/h2-8,15H,9-10H2,1H3,(H,17,18)(H,19,20). The molecule has 0 saturated carbocycles. The summed E-state index contributed by atoms with van der Waals surface area (Å²) in [4.78, 5) is 22.0. The van der Waals surface area contributed by atoms with Gasteiger partial charge in [0.15, 0.2) is 0 Å². The van der Waals surface area contributed by atoms with Crippen LogP contribution >= 0.6 is 11.8 Å². The van der Waals surface area contributed by atoms with Gasteiger partial charge in [0, 0.05) is 18.4 Å². The molecule has 110 valence electrons. The molecule has 0 aliphatic carbocycles. The Bertz CT molecular complexity index is 652. The highest BCUT2D eigenvalue weighted by Crippen LogP contribution is 2.23. The van der Waals surface area contributed by atoms with Gasteiger partial charge in [0.25, 0.3) is 0 Å². The fourth-order valence-electron chi connectivity index (χ4n) is 2.13. The molecule has 0 aliphatic rings. The second-order valence-electron chi connectivity index (χ2n) is 4.74. The lowest BCUT2D eigenvalue weighted by Gasteiger charge is -2.13. The number of carbonyl (C=O) groups is 2. The van der Waals surface area contributed by atoms with E-state index in [0.29, 0.717) is 11.5 Å². The minimum atomic E-state index is -1.00. The summed E-state index contributed by atoms with van der Waals surface area (Å²) in [5.41, 5.74) is 1.17. The molecule has 2 N–H and O–H groups in total. The first-order valence-electron chi connectivity index (χ1n) is 6.62. The zero-order chi connectivity index (χ0) is 15.2. The number of amides is 1. The van der Waals surface area contributed by atoms with Gasteiger partial charge < -0.3 is 10.4 Å². The summed E-state index contributed by atoms with van der Waals surface area (Å²) < 4.78 is 0. The first-order valence-corrected chi connectivity index (χ1v) is 7.77. The van der Waals surface area contributed by atoms with E-state index in [1.807, 2.05) is 24.3 Å². The lowest BCUT2D eigenvalue weighted by atomic mass is 10.1. The third-order valence-corrected chi connectivity index (χ3v) is 4.18. The van der Waals surface area contributed by atoms with Crippen molar-refractivity contribution in [1.29, 1.82) is 0 Å². The van der Waals surface area contributed by atoms with Crippen LogP contribution in [0.15, 0.2) is 42.5 Å². The van der Waals surface area contributed by atoms with Gasteiger partial charge in [-0.1, -0.05) is 42.5 Å². The van der Waals surface area contributed by atoms with E-state index in [1.54, 1.807) is 0 Å². The van der Waals surface area contributed by atoms with E-state index in [1.165, 1.54) is 35.0 Å². The molecule has 2 aromatic carbocycles. The van der Waals surface area contributed by atoms with Gasteiger partial charge in [0.2, 0.25) is 5.91 Å². The van der Waals surface area contributed by atoms with Crippen molar-refractivity contribution in [1.82, 2.24) is 5.32 Å². The number of aliphatic carboxylic acids is 1. The monoisotopic (exact) mass is 303 g/mol. The Morgan fingerprint density at radius 3 is 2.62 bits per heavy atom. The average Bonchev–Trinajstić information content (AvgIpc) is 2.46. The van der Waals surface area contributed by atoms with Crippen LogP contribution in [0.4, 0.5) is 0 Å². The Labute approximate surface area is 127 Å². The Balaban J connectivity index is 2.01. The van der Waals surface area contributed by atoms with Gasteiger partial charge >= 0.3 is 5.97 Å². The van der Waals surface area contributed by atoms with Gasteiger partial charge in [-0.3, -0.25) is 4.79 Å². The molecule has 0 aromatic heterocycles. The van der Waals surface area contributed by atoms with E-state index in [9.17, 15) is 9.59 Å². The number of fused-ring (bicyclic) bond motifs is 1. The van der Waals surface area contributed by atoms with E-state index < -0.39 is 12.0 Å². The highest BCUT2D eigenvalue weighted by molar-refractivity contribution is 7.98. The molecule has 2 aromatic rings. The van der Waals surface area contributed by atoms with E-state index in [-0.39, 0.29) is 5.91 Å². The van der Waals surface area contributed by atoms with Crippen LogP contribution in [0, 0.1) is 0 Å². The predicted molar refractivity (Wildman–Crippen MR) is 85.4 cm³/mol. The van der Waals surface area contributed by atoms with E-state index >= 15 is 0 Å². The number of nitrogens with one attached hydrogen (secondary N) is 1. The minimum Gasteiger partial charge on any atom is -0.480 e. The van der Waals surface area contributed by atoms with Gasteiger partial charge in [-0.2, -0.15) is 11.8 Å². The van der Waals surface area contributed by atoms with Gasteiger partial charge in [-0.15, -0.1) is 0 Å². The summed E-state index contributed by atoms with van der Waals surface area (Å²) in [6, 6.07) is 13.4. The van der Waals surface area contributed by atoms with Crippen molar-refractivity contribution in [2.45, 2.75) is 18.7 Å². The number of rotatable bonds is 6. The first-order chi connectivity index (χ1) is 10.1. The topological polar surface area (TPSA) is 66.4 Å². The quantitative estimate of drug-likeness (QED) is 0.861. The number of carbonyl (C=O) groups excluding carboxylic acids is 1. The molecule has 0 spiro atoms. The molecular weight excluding hydrogens is 286 g/mol. The molecule has 21 heavy (non-hydrogen) atoms. The van der Waals surface area contributed by atoms with Crippen LogP contribution < -0.4 is 5.32 Å². The van der Waals surface area contributed by atoms with Crippen molar-refractivity contribution in [3.8, 4) is 0 Å². The van der Waals surface area contributed by atoms with Crippen LogP contribution in [0.3, 0.4) is 0 Å². The van der Waals surface area contributed by atoms with Crippen molar-refractivity contribution in [3.63, 3.8) is 0 Å². The van der Waals surface area contributed by atoms with Gasteiger partial charge in [0.1, 0.15) is 6.04 Å². The highest BCUT2D eigenvalue weighted by atomic mass is 32.2. The Morgan fingerprint density at radius 2 is 1.90 bits per heavy atom. The number of carboxylic acid groups (broad SMARTS) is 1. The van der Waals surface area contributed by atoms with Crippen molar-refractivity contribution in [2.24, 2.45) is 0 Å². The summed E-state index contributed by atoms with van der Waals surface area (Å²) in [6.07, 6.45) is 0. The summed E-state index contributed by atoms with van der Waals surface area (Å²) >= 11 is 1.50. The molecular formula is C16H17NO3S. The molecule has 0 saturated heterocycles. The largest absolute Gasteiger partial charge is 0.480 e. The van der Waals surface area contributed by atoms with Crippen molar-refractivity contribution in [2.75, 3.05) is 5.75 Å². The van der Waals surface area contributed by atoms with Crippen LogP contribution in [0.25, 0.3) is 10.8 Å². The number of carboxylic acids is 1. The Morgan fingerprint density at radius 1 is 1.19 bits per heavy atom. The van der Waals surface area contributed by atoms with Crippen LogP contribution in [0.2, 0.25) is 0 Å². The van der Waals surface area contributed by atoms with Crippen LogP contribution in [-0.4, -0.2) is 28.8 Å². The van der Waals surface area contributed by atoms with E-state index in [4.69, 9.17) is 5.11 Å². The fourth-order valence-corrected chi connectivity index (χ4v) is 3.18. The van der Waals surface area contributed by atoms with Crippen LogP contribution in [0.5, 0.6) is 0 Å². The molecule has 0 radical (unpaired) electrons. The summed E-state index contributed by atoms with van der Waals surface area (Å²) in [7, 11) is 0. The maximum atomic E-state index is 11.1. The maximum Gasteiger partial charge on any atom is 0.327 e. The Kier molecular flexibility index (Phi) is 5.22. The normalized spacial score (nSPS) is 12.0. The molecule has 0 fully saturated rings. The summed E-state index contributed by atoms with van der Waals surface area (Å²) in [5.74, 6) is -0.271. The molecule has 5 heteroatoms. The first kappa shape index (κ1) is 15.4. The molecule has 4 nitrogen and oxygen atoms in total.